The topological polar surface area (TPSA) is 220 Å². The molecular weight excluding hydrogens is 1170 g/mol. The number of hydrogen-bond acceptors (Lipinski definition) is 14. The Labute approximate surface area is 559 Å². The van der Waals surface area contributed by atoms with Crippen LogP contribution in [0.5, 0.6) is 0 Å². The van der Waals surface area contributed by atoms with E-state index in [4.69, 9.17) is 18.9 Å². The number of carbonyl (C=O) groups excluding carboxylic acids is 4. The van der Waals surface area contributed by atoms with Crippen LogP contribution in [-0.4, -0.2) is 125 Å². The maximum atomic E-state index is 12.5. The van der Waals surface area contributed by atoms with E-state index in [-0.39, 0.29) is 98.9 Å². The van der Waals surface area contributed by atoms with Crippen LogP contribution in [0.3, 0.4) is 0 Å². The van der Waals surface area contributed by atoms with Gasteiger partial charge < -0.3 is 28.1 Å². The Morgan fingerprint density at radius 1 is 0.276 bits per heavy atom. The molecule has 87 heavy (non-hydrogen) atoms. The first-order chi connectivity index (χ1) is 41.7. The molecule has 0 aliphatic carbocycles. The van der Waals surface area contributed by atoms with Crippen LogP contribution in [0.4, 0.5) is 0 Å². The zero-order valence-corrected chi connectivity index (χ0v) is 58.5. The van der Waals surface area contributed by atoms with Gasteiger partial charge in [-0.1, -0.05) is 295 Å². The second kappa shape index (κ2) is 59.7. The van der Waals surface area contributed by atoms with Crippen LogP contribution < -0.4 is 0 Å². The van der Waals surface area contributed by atoms with E-state index in [2.05, 4.69) is 13.8 Å². The Hall–Kier alpha value is -2.60. The molecule has 0 aliphatic heterocycles. The average Bonchev–Trinajstić information content (AvgIpc) is 2.96. The quantitative estimate of drug-likeness (QED) is 0.0198. The molecule has 0 saturated carbocycles. The van der Waals surface area contributed by atoms with Gasteiger partial charge in [0.25, 0.3) is 0 Å². The summed E-state index contributed by atoms with van der Waals surface area (Å²) in [6, 6.07) is 12.6. The predicted octanol–water partition coefficient (Wildman–Crippen LogP) is 18.7. The van der Waals surface area contributed by atoms with Crippen LogP contribution in [-0.2, 0) is 39.2 Å². The summed E-state index contributed by atoms with van der Waals surface area (Å²) in [4.78, 5) is 49.9. The molecular formula is C70H118CaO14S2. The van der Waals surface area contributed by atoms with E-state index in [1.165, 1.54) is 255 Å². The Morgan fingerprint density at radius 2 is 0.425 bits per heavy atom. The van der Waals surface area contributed by atoms with Crippen molar-refractivity contribution in [1.29, 1.82) is 0 Å². The minimum Gasteiger partial charge on any atom is -0.748 e. The second-order valence-electron chi connectivity index (χ2n) is 23.7. The van der Waals surface area contributed by atoms with Crippen molar-refractivity contribution in [2.75, 3.05) is 37.9 Å². The van der Waals surface area contributed by atoms with Gasteiger partial charge in [-0.15, -0.1) is 0 Å². The zero-order chi connectivity index (χ0) is 62.9. The first-order valence-electron chi connectivity index (χ1n) is 34.4. The molecule has 0 N–H and O–H groups in total. The van der Waals surface area contributed by atoms with Gasteiger partial charge in [-0.05, 0) is 62.8 Å². The average molecular weight is 1290 g/mol. The van der Waals surface area contributed by atoms with E-state index in [1.807, 2.05) is 0 Å². The molecule has 0 radical (unpaired) electrons. The van der Waals surface area contributed by atoms with Gasteiger partial charge in [-0.25, -0.2) is 36.0 Å². The van der Waals surface area contributed by atoms with Crippen molar-refractivity contribution in [3.8, 4) is 0 Å². The molecule has 17 heteroatoms. The van der Waals surface area contributed by atoms with E-state index >= 15 is 0 Å². The summed E-state index contributed by atoms with van der Waals surface area (Å²) in [7, 11) is -8.55. The molecule has 0 fully saturated rings. The van der Waals surface area contributed by atoms with Crippen molar-refractivity contribution in [3.63, 3.8) is 0 Å². The van der Waals surface area contributed by atoms with Crippen LogP contribution in [0.25, 0.3) is 0 Å². The van der Waals surface area contributed by atoms with E-state index < -0.39 is 55.6 Å². The minimum absolute atomic E-state index is 0. The van der Waals surface area contributed by atoms with Gasteiger partial charge in [-0.2, -0.15) is 0 Å². The first-order valence-corrected chi connectivity index (χ1v) is 37.6. The smallest absolute Gasteiger partial charge is 0.748 e. The molecule has 14 nitrogen and oxygen atoms in total. The second-order valence-corrected chi connectivity index (χ2v) is 26.8. The molecule has 496 valence electrons. The van der Waals surface area contributed by atoms with Gasteiger partial charge in [0.1, 0.15) is 0 Å². The number of ether oxygens (including phenoxy) is 4. The normalized spacial score (nSPS) is 11.4. The van der Waals surface area contributed by atoms with Gasteiger partial charge in [0.15, 0.2) is 0 Å². The fraction of sp³-hybridized carbons (Fsp3) is 0.771. The SMILES string of the molecule is CCCCCCCCCCCCCCCCCCCCCCCOC(=O)c1ccccc1C(=O)OCCCCS(=O)(=O)[O-].CCCCCCCCCCCCCCCCCCCCCCCOC(=O)c1ccccc1C(=O)OCCCCS(=O)(=O)[O-].[Ca+2]. The van der Waals surface area contributed by atoms with Gasteiger partial charge in [0.2, 0.25) is 0 Å². The minimum atomic E-state index is -4.28. The summed E-state index contributed by atoms with van der Waals surface area (Å²) < 4.78 is 84.9. The van der Waals surface area contributed by atoms with E-state index in [1.54, 1.807) is 24.3 Å². The molecule has 2 aromatic carbocycles. The standard InChI is InChI=1S/2C35H60O7S.Ca/c2*1-2-3-4-5-6-7-8-9-10-11-12-13-14-15-16-17-18-19-20-21-24-29-41-34(36)32-27-22-23-28-33(32)35(37)42-30-25-26-31-43(38,39)40;/h2*22-23,27-28H,2-21,24-26,29-31H2,1H3,(H,38,39,40);/q;;+2/p-2. The molecule has 0 atom stereocenters. The van der Waals surface area contributed by atoms with Crippen LogP contribution in [0.1, 0.15) is 351 Å². The van der Waals surface area contributed by atoms with Gasteiger partial charge in [0, 0.05) is 11.5 Å². The Bertz CT molecular complexity index is 2050. The van der Waals surface area contributed by atoms with Crippen molar-refractivity contribution in [2.45, 2.75) is 309 Å². The van der Waals surface area contributed by atoms with E-state index in [0.717, 1.165) is 38.5 Å². The van der Waals surface area contributed by atoms with Crippen LogP contribution in [0.15, 0.2) is 48.5 Å². The molecule has 0 unspecified atom stereocenters. The fourth-order valence-corrected chi connectivity index (χ4v) is 11.6. The maximum Gasteiger partial charge on any atom is 2.00 e. The Balaban J connectivity index is 0.00000168. The predicted molar refractivity (Wildman–Crippen MR) is 353 cm³/mol. The molecule has 0 spiro atoms. The first kappa shape index (κ1) is 84.4. The van der Waals surface area contributed by atoms with Gasteiger partial charge >= 0.3 is 61.6 Å². The maximum absolute atomic E-state index is 12.5. The summed E-state index contributed by atoms with van der Waals surface area (Å²) >= 11 is 0. The van der Waals surface area contributed by atoms with Crippen LogP contribution >= 0.6 is 0 Å². The van der Waals surface area contributed by atoms with E-state index in [0.29, 0.717) is 13.2 Å². The Kier molecular flexibility index (Phi) is 57.9. The molecule has 2 aromatic rings. The Morgan fingerprint density at radius 3 is 0.586 bits per heavy atom. The molecule has 0 aromatic heterocycles. The number of rotatable bonds is 58. The summed E-state index contributed by atoms with van der Waals surface area (Å²) in [5.41, 5.74) is 0.529. The molecule has 0 amide bonds. The largest absolute Gasteiger partial charge is 2.00 e. The third-order valence-corrected chi connectivity index (χ3v) is 17.3. The van der Waals surface area contributed by atoms with Crippen molar-refractivity contribution in [1.82, 2.24) is 0 Å². The van der Waals surface area contributed by atoms with Crippen molar-refractivity contribution in [2.24, 2.45) is 0 Å². The van der Waals surface area contributed by atoms with Crippen molar-refractivity contribution < 1.29 is 64.1 Å². The third kappa shape index (κ3) is 53.7. The van der Waals surface area contributed by atoms with Crippen molar-refractivity contribution in [3.05, 3.63) is 70.8 Å². The zero-order valence-electron chi connectivity index (χ0n) is 54.6. The van der Waals surface area contributed by atoms with Crippen LogP contribution in [0.2, 0.25) is 0 Å². The molecule has 0 bridgehead atoms. The number of benzene rings is 2. The summed E-state index contributed by atoms with van der Waals surface area (Å²) in [6.07, 6.45) is 56.1. The fourth-order valence-electron chi connectivity index (χ4n) is 10.5. The number of carbonyl (C=O) groups is 4. The van der Waals surface area contributed by atoms with E-state index in [9.17, 15) is 45.1 Å². The van der Waals surface area contributed by atoms with Crippen LogP contribution in [0, 0.1) is 0 Å². The summed E-state index contributed by atoms with van der Waals surface area (Å²) in [5, 5.41) is 0. The molecule has 0 aliphatic rings. The monoisotopic (exact) mass is 1290 g/mol. The summed E-state index contributed by atoms with van der Waals surface area (Å²) in [5.74, 6) is -3.45. The number of esters is 4. The van der Waals surface area contributed by atoms with Gasteiger partial charge in [0.05, 0.1) is 68.9 Å². The molecule has 2 rings (SSSR count). The molecule has 0 saturated heterocycles. The third-order valence-electron chi connectivity index (χ3n) is 15.7. The number of unbranched alkanes of at least 4 members (excludes halogenated alkanes) is 42. The van der Waals surface area contributed by atoms with Gasteiger partial charge in [-0.3, -0.25) is 0 Å². The summed E-state index contributed by atoms with van der Waals surface area (Å²) in [6.45, 7) is 5.11. The van der Waals surface area contributed by atoms with Crippen molar-refractivity contribution >= 4 is 81.9 Å². The number of hydrogen-bond donors (Lipinski definition) is 0. The molecule has 0 heterocycles.